The number of hydrogen-bond donors (Lipinski definition) is 1. The summed E-state index contributed by atoms with van der Waals surface area (Å²) in [6.45, 7) is 2.06. The Hall–Kier alpha value is -1.10. The van der Waals surface area contributed by atoms with Crippen LogP contribution in [0.1, 0.15) is 0 Å². The Kier molecular flexibility index (Phi) is 3.20. The molecule has 2 rings (SSSR count). The highest BCUT2D eigenvalue weighted by Crippen LogP contribution is 2.23. The van der Waals surface area contributed by atoms with Gasteiger partial charge in [0.2, 0.25) is 5.88 Å². The van der Waals surface area contributed by atoms with Gasteiger partial charge in [-0.3, -0.25) is 0 Å². The monoisotopic (exact) mass is 225 g/mol. The van der Waals surface area contributed by atoms with Crippen molar-refractivity contribution in [2.75, 3.05) is 42.3 Å². The number of nitrogens with two attached hydrogens (primary N) is 1. The molecule has 2 heterocycles. The zero-order valence-corrected chi connectivity index (χ0v) is 9.59. The van der Waals surface area contributed by atoms with E-state index >= 15 is 0 Å². The van der Waals surface area contributed by atoms with E-state index < -0.39 is 0 Å². The van der Waals surface area contributed by atoms with E-state index in [1.54, 1.807) is 13.2 Å². The molecule has 15 heavy (non-hydrogen) atoms. The Morgan fingerprint density at radius 3 is 2.80 bits per heavy atom. The molecular formula is C10H15N3OS. The fourth-order valence-corrected chi connectivity index (χ4v) is 2.47. The summed E-state index contributed by atoms with van der Waals surface area (Å²) in [5, 5.41) is 0. The van der Waals surface area contributed by atoms with Crippen molar-refractivity contribution in [3.8, 4) is 5.88 Å². The molecule has 0 unspecified atom stereocenters. The van der Waals surface area contributed by atoms with Gasteiger partial charge in [0.15, 0.2) is 0 Å². The van der Waals surface area contributed by atoms with Gasteiger partial charge in [0.25, 0.3) is 0 Å². The van der Waals surface area contributed by atoms with Gasteiger partial charge in [0.1, 0.15) is 5.82 Å². The van der Waals surface area contributed by atoms with Crippen LogP contribution in [0.3, 0.4) is 0 Å². The van der Waals surface area contributed by atoms with Crippen LogP contribution >= 0.6 is 11.8 Å². The molecule has 1 aromatic rings. The highest BCUT2D eigenvalue weighted by atomic mass is 32.2. The Morgan fingerprint density at radius 1 is 1.40 bits per heavy atom. The molecule has 0 bridgehead atoms. The van der Waals surface area contributed by atoms with Gasteiger partial charge in [-0.1, -0.05) is 0 Å². The normalized spacial score (nSPS) is 16.5. The summed E-state index contributed by atoms with van der Waals surface area (Å²) in [6, 6.07) is 3.64. The van der Waals surface area contributed by atoms with Crippen LogP contribution < -0.4 is 15.4 Å². The number of hydrogen-bond acceptors (Lipinski definition) is 5. The molecule has 0 saturated carbocycles. The van der Waals surface area contributed by atoms with Crippen molar-refractivity contribution in [3.63, 3.8) is 0 Å². The molecule has 0 amide bonds. The zero-order chi connectivity index (χ0) is 10.7. The van der Waals surface area contributed by atoms with Crippen molar-refractivity contribution in [1.29, 1.82) is 0 Å². The van der Waals surface area contributed by atoms with Gasteiger partial charge in [0.05, 0.1) is 7.11 Å². The van der Waals surface area contributed by atoms with E-state index in [-0.39, 0.29) is 0 Å². The number of thioether (sulfide) groups is 1. The lowest BCUT2D eigenvalue weighted by Crippen LogP contribution is -2.33. The van der Waals surface area contributed by atoms with Gasteiger partial charge in [0, 0.05) is 42.4 Å². The summed E-state index contributed by atoms with van der Waals surface area (Å²) < 4.78 is 5.10. The van der Waals surface area contributed by atoms with Crippen LogP contribution in [0, 0.1) is 0 Å². The molecule has 2 N–H and O–H groups in total. The largest absolute Gasteiger partial charge is 0.481 e. The molecule has 1 aliphatic rings. The molecule has 1 saturated heterocycles. The smallest absolute Gasteiger partial charge is 0.216 e. The number of rotatable bonds is 2. The van der Waals surface area contributed by atoms with Crippen molar-refractivity contribution in [3.05, 3.63) is 12.1 Å². The average molecular weight is 225 g/mol. The summed E-state index contributed by atoms with van der Waals surface area (Å²) >= 11 is 1.98. The van der Waals surface area contributed by atoms with Crippen LogP contribution in [0.15, 0.2) is 12.1 Å². The minimum Gasteiger partial charge on any atom is -0.481 e. The molecule has 0 aromatic carbocycles. The second-order valence-electron chi connectivity index (χ2n) is 3.40. The molecule has 1 aliphatic heterocycles. The number of nitrogens with zero attached hydrogens (tertiary/aromatic N) is 2. The first-order valence-electron chi connectivity index (χ1n) is 4.94. The van der Waals surface area contributed by atoms with Crippen molar-refractivity contribution >= 4 is 23.3 Å². The second kappa shape index (κ2) is 4.61. The molecular weight excluding hydrogens is 210 g/mol. The molecule has 0 radical (unpaired) electrons. The molecule has 1 fully saturated rings. The summed E-state index contributed by atoms with van der Waals surface area (Å²) in [6.07, 6.45) is 0. The first-order chi connectivity index (χ1) is 7.29. The van der Waals surface area contributed by atoms with Gasteiger partial charge in [-0.15, -0.1) is 0 Å². The standard InChI is InChI=1S/C10H15N3OS/c1-14-10-7-8(11)6-9(12-10)13-2-4-15-5-3-13/h6-7H,2-5H2,1H3,(H2,11,12). The van der Waals surface area contributed by atoms with Crippen LogP contribution in [0.2, 0.25) is 0 Å². The Morgan fingerprint density at radius 2 is 2.13 bits per heavy atom. The SMILES string of the molecule is COc1cc(N)cc(N2CCSCC2)n1. The number of pyridine rings is 1. The van der Waals surface area contributed by atoms with Crippen LogP contribution in [0.5, 0.6) is 5.88 Å². The minimum atomic E-state index is 0.586. The molecule has 82 valence electrons. The topological polar surface area (TPSA) is 51.4 Å². The maximum Gasteiger partial charge on any atom is 0.216 e. The van der Waals surface area contributed by atoms with E-state index in [4.69, 9.17) is 10.5 Å². The van der Waals surface area contributed by atoms with Crippen molar-refractivity contribution in [2.24, 2.45) is 0 Å². The minimum absolute atomic E-state index is 0.586. The summed E-state index contributed by atoms with van der Waals surface area (Å²) in [7, 11) is 1.61. The van der Waals surface area contributed by atoms with E-state index in [0.717, 1.165) is 30.4 Å². The fourth-order valence-electron chi connectivity index (χ4n) is 1.57. The molecule has 0 spiro atoms. The molecule has 5 heteroatoms. The number of nitrogen functional groups attached to an aromatic ring is 1. The second-order valence-corrected chi connectivity index (χ2v) is 4.63. The lowest BCUT2D eigenvalue weighted by Gasteiger charge is -2.27. The molecule has 0 atom stereocenters. The van der Waals surface area contributed by atoms with Crippen LogP contribution in [0.4, 0.5) is 11.5 Å². The lowest BCUT2D eigenvalue weighted by molar-refractivity contribution is 0.398. The van der Waals surface area contributed by atoms with Gasteiger partial charge < -0.3 is 15.4 Å². The van der Waals surface area contributed by atoms with Gasteiger partial charge >= 0.3 is 0 Å². The highest BCUT2D eigenvalue weighted by molar-refractivity contribution is 7.99. The Balaban J connectivity index is 2.22. The predicted molar refractivity (Wildman–Crippen MR) is 64.7 cm³/mol. The predicted octanol–water partition coefficient (Wildman–Crippen LogP) is 1.23. The summed E-state index contributed by atoms with van der Waals surface area (Å²) in [4.78, 5) is 6.64. The molecule has 1 aromatic heterocycles. The fraction of sp³-hybridized carbons (Fsp3) is 0.500. The molecule has 0 aliphatic carbocycles. The quantitative estimate of drug-likeness (QED) is 0.820. The highest BCUT2D eigenvalue weighted by Gasteiger charge is 2.13. The van der Waals surface area contributed by atoms with Gasteiger partial charge in [-0.25, -0.2) is 0 Å². The van der Waals surface area contributed by atoms with Gasteiger partial charge in [-0.05, 0) is 0 Å². The number of anilines is 2. The Labute approximate surface area is 93.8 Å². The first kappa shape index (κ1) is 10.4. The maximum atomic E-state index is 5.79. The maximum absolute atomic E-state index is 5.79. The van der Waals surface area contributed by atoms with Crippen molar-refractivity contribution in [1.82, 2.24) is 4.98 Å². The summed E-state index contributed by atoms with van der Waals surface area (Å²) in [5.74, 6) is 3.81. The van der Waals surface area contributed by atoms with Gasteiger partial charge in [-0.2, -0.15) is 16.7 Å². The van der Waals surface area contributed by atoms with Crippen LogP contribution in [0.25, 0.3) is 0 Å². The Bertz CT molecular complexity index is 339. The first-order valence-corrected chi connectivity index (χ1v) is 6.09. The van der Waals surface area contributed by atoms with E-state index in [0.29, 0.717) is 11.6 Å². The van der Waals surface area contributed by atoms with Crippen LogP contribution in [-0.4, -0.2) is 36.7 Å². The number of ether oxygens (including phenoxy) is 1. The van der Waals surface area contributed by atoms with Crippen molar-refractivity contribution in [2.45, 2.75) is 0 Å². The van der Waals surface area contributed by atoms with E-state index in [2.05, 4.69) is 9.88 Å². The average Bonchev–Trinajstić information content (AvgIpc) is 2.29. The van der Waals surface area contributed by atoms with E-state index in [1.807, 2.05) is 17.8 Å². The van der Waals surface area contributed by atoms with Crippen LogP contribution in [-0.2, 0) is 0 Å². The third-order valence-electron chi connectivity index (χ3n) is 2.35. The molecule has 4 nitrogen and oxygen atoms in total. The lowest BCUT2D eigenvalue weighted by atomic mass is 10.3. The third-order valence-corrected chi connectivity index (χ3v) is 3.30. The number of methoxy groups -OCH3 is 1. The van der Waals surface area contributed by atoms with E-state index in [9.17, 15) is 0 Å². The number of aromatic nitrogens is 1. The van der Waals surface area contributed by atoms with E-state index in [1.165, 1.54) is 0 Å². The zero-order valence-electron chi connectivity index (χ0n) is 8.77. The van der Waals surface area contributed by atoms with Crippen molar-refractivity contribution < 1.29 is 4.74 Å². The third kappa shape index (κ3) is 2.47. The summed E-state index contributed by atoms with van der Waals surface area (Å²) in [5.41, 5.74) is 6.49.